The average molecular weight is 610 g/mol. The zero-order valence-electron chi connectivity index (χ0n) is 19.1. The Morgan fingerprint density at radius 3 is 2.15 bits per heavy atom. The van der Waals surface area contributed by atoms with Gasteiger partial charge in [-0.3, -0.25) is 14.9 Å². The van der Waals surface area contributed by atoms with E-state index >= 15 is 4.39 Å². The minimum atomic E-state index is -5.14. The maximum atomic E-state index is 15.1. The van der Waals surface area contributed by atoms with Crippen LogP contribution in [-0.2, 0) is 6.18 Å². The molecule has 0 bridgehead atoms. The third-order valence-corrected chi connectivity index (χ3v) is 6.89. The molecule has 1 N–H and O–H groups in total. The lowest BCUT2D eigenvalue weighted by Crippen LogP contribution is -2.25. The molecule has 1 atom stereocenters. The molecule has 0 aliphatic heterocycles. The average Bonchev–Trinajstić information content (AvgIpc) is 3.26. The van der Waals surface area contributed by atoms with E-state index in [1.807, 2.05) is 0 Å². The number of allylic oxidation sites excluding steroid dienone is 1. The van der Waals surface area contributed by atoms with Crippen LogP contribution in [-0.4, -0.2) is 16.8 Å². The summed E-state index contributed by atoms with van der Waals surface area (Å²) in [5, 5.41) is -0.164. The maximum absolute atomic E-state index is 15.1. The second kappa shape index (κ2) is 10.7. The van der Waals surface area contributed by atoms with E-state index in [2.05, 4.69) is 5.43 Å². The first-order chi connectivity index (χ1) is 18.2. The molecule has 1 amide bonds. The van der Waals surface area contributed by atoms with Gasteiger partial charge in [0.15, 0.2) is 0 Å². The number of nitrogens with zero attached hydrogens (tertiary/aromatic N) is 1. The zero-order valence-corrected chi connectivity index (χ0v) is 21.4. The van der Waals surface area contributed by atoms with Crippen LogP contribution >= 0.6 is 34.8 Å². The van der Waals surface area contributed by atoms with Gasteiger partial charge in [0.25, 0.3) is 5.91 Å². The van der Waals surface area contributed by atoms with Crippen molar-refractivity contribution in [3.8, 4) is 0 Å². The van der Waals surface area contributed by atoms with E-state index in [1.165, 1.54) is 10.9 Å². The summed E-state index contributed by atoms with van der Waals surface area (Å²) < 4.78 is 99.3. The number of benzene rings is 3. The molecule has 1 unspecified atom stereocenters. The van der Waals surface area contributed by atoms with Gasteiger partial charge in [-0.25, -0.2) is 4.39 Å². The number of carbonyl (C=O) groups is 1. The Bertz CT molecular complexity index is 1570. The topological polar surface area (TPSA) is 34.0 Å². The third-order valence-electron chi connectivity index (χ3n) is 5.70. The van der Waals surface area contributed by atoms with Gasteiger partial charge in [-0.15, -0.1) is 0 Å². The minimum Gasteiger partial charge on any atom is -0.267 e. The van der Waals surface area contributed by atoms with Gasteiger partial charge in [0.2, 0.25) is 0 Å². The Morgan fingerprint density at radius 2 is 1.54 bits per heavy atom. The molecule has 1 aromatic heterocycles. The van der Waals surface area contributed by atoms with Crippen LogP contribution in [0.4, 0.5) is 30.7 Å². The van der Waals surface area contributed by atoms with Crippen LogP contribution in [0.3, 0.4) is 0 Å². The molecule has 0 saturated heterocycles. The van der Waals surface area contributed by atoms with Crippen molar-refractivity contribution in [3.63, 3.8) is 0 Å². The molecule has 0 radical (unpaired) electrons. The van der Waals surface area contributed by atoms with Gasteiger partial charge >= 0.3 is 12.4 Å². The number of carbonyl (C=O) groups excluding carboxylic acids is 1. The number of rotatable bonds is 5. The molecule has 0 aliphatic carbocycles. The van der Waals surface area contributed by atoms with Crippen molar-refractivity contribution in [2.24, 2.45) is 0 Å². The Hall–Kier alpha value is -3.21. The largest absolute Gasteiger partial charge is 0.417 e. The Labute approximate surface area is 231 Å². The van der Waals surface area contributed by atoms with Crippen LogP contribution in [0.15, 0.2) is 72.9 Å². The summed E-state index contributed by atoms with van der Waals surface area (Å²) in [6, 6.07) is 11.8. The molecule has 204 valence electrons. The first kappa shape index (κ1) is 28.8. The summed E-state index contributed by atoms with van der Waals surface area (Å²) in [4.78, 5) is 12.8. The lowest BCUT2D eigenvalue weighted by molar-refractivity contribution is -0.140. The SMILES string of the molecule is O=C(Nn1ccc2ccccc21)c1ccc(C(F)=CC(c2cc(Cl)c(Cl)c(Cl)c2)C(F)(F)F)cc1C(F)(F)F. The van der Waals surface area contributed by atoms with Crippen molar-refractivity contribution < 1.29 is 35.5 Å². The van der Waals surface area contributed by atoms with Gasteiger partial charge in [0.05, 0.1) is 31.7 Å². The standard InChI is InChI=1S/C26H14Cl3F7N2O/c27-19-10-15(11-20(28)23(19)29)17(25(31,32)33)12-21(30)14-5-6-16(18(9-14)26(34,35)36)24(39)37-38-8-7-13-3-1-2-4-22(13)38/h1-12,17H,(H,37,39). The van der Waals surface area contributed by atoms with E-state index in [0.29, 0.717) is 17.0 Å². The van der Waals surface area contributed by atoms with Gasteiger partial charge in [0, 0.05) is 17.1 Å². The van der Waals surface area contributed by atoms with Crippen LogP contribution in [0.1, 0.15) is 33.0 Å². The molecule has 3 aromatic carbocycles. The molecule has 4 rings (SSSR count). The van der Waals surface area contributed by atoms with Gasteiger partial charge in [-0.2, -0.15) is 26.3 Å². The molecule has 13 heteroatoms. The van der Waals surface area contributed by atoms with Crippen molar-refractivity contribution in [1.82, 2.24) is 4.68 Å². The molecular formula is C26H14Cl3F7N2O. The number of halogens is 10. The van der Waals surface area contributed by atoms with Crippen molar-refractivity contribution in [2.45, 2.75) is 18.3 Å². The zero-order chi connectivity index (χ0) is 28.7. The highest BCUT2D eigenvalue weighted by Crippen LogP contribution is 2.43. The quantitative estimate of drug-likeness (QED) is 0.177. The number of hydrogen-bond acceptors (Lipinski definition) is 1. The van der Waals surface area contributed by atoms with Gasteiger partial charge < -0.3 is 0 Å². The van der Waals surface area contributed by atoms with Crippen LogP contribution in [0.25, 0.3) is 16.7 Å². The lowest BCUT2D eigenvalue weighted by Gasteiger charge is -2.19. The van der Waals surface area contributed by atoms with Crippen molar-refractivity contribution in [1.29, 1.82) is 0 Å². The fraction of sp³-hybridized carbons (Fsp3) is 0.115. The smallest absolute Gasteiger partial charge is 0.267 e. The number of para-hydroxylation sites is 1. The number of fused-ring (bicyclic) bond motifs is 1. The Kier molecular flexibility index (Phi) is 7.93. The summed E-state index contributed by atoms with van der Waals surface area (Å²) in [7, 11) is 0. The van der Waals surface area contributed by atoms with Crippen LogP contribution < -0.4 is 5.43 Å². The normalized spacial score (nSPS) is 13.5. The summed E-state index contributed by atoms with van der Waals surface area (Å²) in [6.45, 7) is 0. The highest BCUT2D eigenvalue weighted by Gasteiger charge is 2.41. The number of amides is 1. The first-order valence-electron chi connectivity index (χ1n) is 10.8. The minimum absolute atomic E-state index is 0.0943. The number of hydrogen-bond donors (Lipinski definition) is 1. The van der Waals surface area contributed by atoms with Gasteiger partial charge in [-0.1, -0.05) is 59.1 Å². The number of aromatic nitrogens is 1. The monoisotopic (exact) mass is 608 g/mol. The molecule has 0 fully saturated rings. The maximum Gasteiger partial charge on any atom is 0.417 e. The van der Waals surface area contributed by atoms with Crippen molar-refractivity contribution in [3.05, 3.63) is 110 Å². The first-order valence-corrected chi connectivity index (χ1v) is 12.0. The molecule has 0 spiro atoms. The van der Waals surface area contributed by atoms with E-state index in [-0.39, 0.29) is 27.2 Å². The molecule has 0 saturated carbocycles. The van der Waals surface area contributed by atoms with E-state index in [9.17, 15) is 31.1 Å². The molecule has 3 nitrogen and oxygen atoms in total. The Morgan fingerprint density at radius 1 is 0.897 bits per heavy atom. The summed E-state index contributed by atoms with van der Waals surface area (Å²) in [6.07, 6.45) is -8.68. The molecule has 4 aromatic rings. The highest BCUT2D eigenvalue weighted by atomic mass is 35.5. The van der Waals surface area contributed by atoms with Crippen molar-refractivity contribution in [2.75, 3.05) is 5.43 Å². The molecule has 39 heavy (non-hydrogen) atoms. The molecular weight excluding hydrogens is 596 g/mol. The van der Waals surface area contributed by atoms with Crippen LogP contribution in [0, 0.1) is 0 Å². The third kappa shape index (κ3) is 6.18. The highest BCUT2D eigenvalue weighted by molar-refractivity contribution is 6.48. The second-order valence-corrected chi connectivity index (χ2v) is 9.47. The van der Waals surface area contributed by atoms with E-state index in [1.54, 1.807) is 30.3 Å². The fourth-order valence-electron chi connectivity index (χ4n) is 3.85. The van der Waals surface area contributed by atoms with Gasteiger partial charge in [-0.05, 0) is 48.0 Å². The number of alkyl halides is 6. The summed E-state index contributed by atoms with van der Waals surface area (Å²) in [5.41, 5.74) is -0.991. The van der Waals surface area contributed by atoms with Gasteiger partial charge in [0.1, 0.15) is 11.7 Å². The fourth-order valence-corrected chi connectivity index (χ4v) is 4.47. The molecule has 1 heterocycles. The second-order valence-electron chi connectivity index (χ2n) is 8.28. The predicted molar refractivity (Wildman–Crippen MR) is 136 cm³/mol. The van der Waals surface area contributed by atoms with Crippen LogP contribution in [0.2, 0.25) is 15.1 Å². The van der Waals surface area contributed by atoms with Crippen LogP contribution in [0.5, 0.6) is 0 Å². The molecule has 0 aliphatic rings. The summed E-state index contributed by atoms with van der Waals surface area (Å²) in [5.74, 6) is -5.41. The van der Waals surface area contributed by atoms with E-state index in [4.69, 9.17) is 34.8 Å². The van der Waals surface area contributed by atoms with Crippen molar-refractivity contribution >= 4 is 57.4 Å². The lowest BCUT2D eigenvalue weighted by atomic mass is 9.95. The summed E-state index contributed by atoms with van der Waals surface area (Å²) >= 11 is 17.4. The van der Waals surface area contributed by atoms with E-state index < -0.39 is 52.3 Å². The Balaban J connectivity index is 1.73. The number of nitrogens with one attached hydrogen (secondary N) is 1. The van der Waals surface area contributed by atoms with E-state index in [0.717, 1.165) is 18.2 Å². The predicted octanol–water partition coefficient (Wildman–Crippen LogP) is 9.66.